The summed E-state index contributed by atoms with van der Waals surface area (Å²) in [5, 5.41) is 11.5. The van der Waals surface area contributed by atoms with Gasteiger partial charge in [0.2, 0.25) is 5.91 Å². The Bertz CT molecular complexity index is 498. The molecule has 1 aliphatic rings. The van der Waals surface area contributed by atoms with E-state index in [2.05, 4.69) is 5.32 Å². The highest BCUT2D eigenvalue weighted by molar-refractivity contribution is 5.98. The van der Waals surface area contributed by atoms with Crippen molar-refractivity contribution in [2.24, 2.45) is 11.8 Å². The monoisotopic (exact) mass is 249 g/mol. The zero-order chi connectivity index (χ0) is 13.3. The molecule has 1 aromatic carbocycles. The smallest absolute Gasteiger partial charge is 0.307 e. The Kier molecular flexibility index (Phi) is 3.23. The largest absolute Gasteiger partial charge is 0.497 e. The maximum absolute atomic E-state index is 11.8. The molecular weight excluding hydrogens is 234 g/mol. The first-order valence-electron chi connectivity index (χ1n) is 5.71. The number of carbonyl (C=O) groups excluding carboxylic acids is 1. The Hall–Kier alpha value is -2.04. The van der Waals surface area contributed by atoms with E-state index in [4.69, 9.17) is 9.84 Å². The molecule has 5 heteroatoms. The number of hydrogen-bond donors (Lipinski definition) is 2. The topological polar surface area (TPSA) is 75.6 Å². The van der Waals surface area contributed by atoms with E-state index in [-0.39, 0.29) is 5.91 Å². The lowest BCUT2D eigenvalue weighted by molar-refractivity contribution is -0.139. The normalized spacial score (nSPS) is 21.2. The van der Waals surface area contributed by atoms with Crippen LogP contribution in [0.1, 0.15) is 12.0 Å². The van der Waals surface area contributed by atoms with Crippen molar-refractivity contribution < 1.29 is 19.4 Å². The second-order valence-corrected chi connectivity index (χ2v) is 4.46. The molecule has 5 nitrogen and oxygen atoms in total. The molecule has 0 heterocycles. The number of rotatable bonds is 4. The minimum atomic E-state index is -0.905. The quantitative estimate of drug-likeness (QED) is 0.851. The van der Waals surface area contributed by atoms with Crippen molar-refractivity contribution in [1.82, 2.24) is 0 Å². The molecule has 0 spiro atoms. The summed E-state index contributed by atoms with van der Waals surface area (Å²) in [5.74, 6) is -1.43. The minimum absolute atomic E-state index is 0.237. The minimum Gasteiger partial charge on any atom is -0.497 e. The number of nitrogens with one attached hydrogen (secondary N) is 1. The van der Waals surface area contributed by atoms with Gasteiger partial charge in [0.1, 0.15) is 5.75 Å². The highest BCUT2D eigenvalue weighted by atomic mass is 16.5. The van der Waals surface area contributed by atoms with Crippen LogP contribution in [-0.2, 0) is 9.59 Å². The van der Waals surface area contributed by atoms with Crippen LogP contribution in [0.2, 0.25) is 0 Å². The molecule has 0 aliphatic heterocycles. The van der Waals surface area contributed by atoms with Gasteiger partial charge in [-0.2, -0.15) is 0 Å². The Morgan fingerprint density at radius 2 is 2.11 bits per heavy atom. The van der Waals surface area contributed by atoms with E-state index in [1.54, 1.807) is 13.2 Å². The summed E-state index contributed by atoms with van der Waals surface area (Å²) in [6, 6.07) is 5.38. The van der Waals surface area contributed by atoms with Crippen molar-refractivity contribution in [3.05, 3.63) is 23.8 Å². The van der Waals surface area contributed by atoms with E-state index in [1.165, 1.54) is 0 Å². The third-order valence-corrected chi connectivity index (χ3v) is 3.15. The van der Waals surface area contributed by atoms with Gasteiger partial charge in [0.15, 0.2) is 0 Å². The molecule has 1 fully saturated rings. The van der Waals surface area contributed by atoms with E-state index in [1.807, 2.05) is 19.1 Å². The number of carbonyl (C=O) groups is 2. The van der Waals surface area contributed by atoms with Crippen LogP contribution in [0.25, 0.3) is 0 Å². The molecule has 2 N–H and O–H groups in total. The fourth-order valence-electron chi connectivity index (χ4n) is 1.85. The standard InChI is InChI=1S/C13H15NO4/c1-7-3-4-8(18-2)5-11(7)14-12(15)9-6-10(9)13(16)17/h3-5,9-10H,6H2,1-2H3,(H,14,15)(H,16,17). The van der Waals surface area contributed by atoms with Crippen molar-refractivity contribution in [1.29, 1.82) is 0 Å². The average molecular weight is 249 g/mol. The lowest BCUT2D eigenvalue weighted by Crippen LogP contribution is -2.17. The Balaban J connectivity index is 2.06. The zero-order valence-corrected chi connectivity index (χ0v) is 10.3. The number of ether oxygens (including phenoxy) is 1. The summed E-state index contributed by atoms with van der Waals surface area (Å²) in [5.41, 5.74) is 1.58. The molecule has 96 valence electrons. The summed E-state index contributed by atoms with van der Waals surface area (Å²) in [4.78, 5) is 22.5. The number of aryl methyl sites for hydroxylation is 1. The van der Waals surface area contributed by atoms with Gasteiger partial charge < -0.3 is 15.2 Å². The van der Waals surface area contributed by atoms with Gasteiger partial charge in [0.05, 0.1) is 18.9 Å². The fourth-order valence-corrected chi connectivity index (χ4v) is 1.85. The first-order valence-corrected chi connectivity index (χ1v) is 5.71. The first-order chi connectivity index (χ1) is 8.52. The molecular formula is C13H15NO4. The zero-order valence-electron chi connectivity index (χ0n) is 10.3. The average Bonchev–Trinajstić information content (AvgIpc) is 3.12. The fraction of sp³-hybridized carbons (Fsp3) is 0.385. The van der Waals surface area contributed by atoms with Gasteiger partial charge in [0, 0.05) is 11.8 Å². The van der Waals surface area contributed by atoms with Gasteiger partial charge in [-0.25, -0.2) is 0 Å². The highest BCUT2D eigenvalue weighted by Gasteiger charge is 2.48. The Morgan fingerprint density at radius 1 is 1.39 bits per heavy atom. The van der Waals surface area contributed by atoms with E-state index in [9.17, 15) is 9.59 Å². The lowest BCUT2D eigenvalue weighted by Gasteiger charge is -2.09. The number of methoxy groups -OCH3 is 1. The van der Waals surface area contributed by atoms with Gasteiger partial charge >= 0.3 is 5.97 Å². The maximum Gasteiger partial charge on any atom is 0.307 e. The van der Waals surface area contributed by atoms with Crippen molar-refractivity contribution >= 4 is 17.6 Å². The number of amides is 1. The van der Waals surface area contributed by atoms with Crippen molar-refractivity contribution in [3.63, 3.8) is 0 Å². The molecule has 0 bridgehead atoms. The number of anilines is 1. The summed E-state index contributed by atoms with van der Waals surface area (Å²) in [6.07, 6.45) is 0.421. The van der Waals surface area contributed by atoms with Crippen LogP contribution in [0, 0.1) is 18.8 Å². The summed E-state index contributed by atoms with van der Waals surface area (Å²) >= 11 is 0. The van der Waals surface area contributed by atoms with Crippen LogP contribution in [0.3, 0.4) is 0 Å². The predicted molar refractivity (Wildman–Crippen MR) is 65.6 cm³/mol. The van der Waals surface area contributed by atoms with Crippen LogP contribution in [0.5, 0.6) is 5.75 Å². The highest BCUT2D eigenvalue weighted by Crippen LogP contribution is 2.39. The second kappa shape index (κ2) is 4.68. The Labute approximate surface area is 105 Å². The van der Waals surface area contributed by atoms with Crippen molar-refractivity contribution in [3.8, 4) is 5.75 Å². The molecule has 0 aromatic heterocycles. The predicted octanol–water partition coefficient (Wildman–Crippen LogP) is 1.66. The molecule has 2 rings (SSSR count). The van der Waals surface area contributed by atoms with Crippen LogP contribution >= 0.6 is 0 Å². The van der Waals surface area contributed by atoms with Crippen LogP contribution in [0.15, 0.2) is 18.2 Å². The Morgan fingerprint density at radius 3 is 2.67 bits per heavy atom. The molecule has 0 radical (unpaired) electrons. The summed E-state index contributed by atoms with van der Waals surface area (Å²) in [6.45, 7) is 1.87. The van der Waals surface area contributed by atoms with E-state index in [0.29, 0.717) is 17.9 Å². The third-order valence-electron chi connectivity index (χ3n) is 3.15. The maximum atomic E-state index is 11.8. The molecule has 2 atom stereocenters. The number of carboxylic acid groups (broad SMARTS) is 1. The van der Waals surface area contributed by atoms with Gasteiger partial charge in [-0.15, -0.1) is 0 Å². The number of aliphatic carboxylic acids is 1. The van der Waals surface area contributed by atoms with Crippen LogP contribution < -0.4 is 10.1 Å². The molecule has 0 saturated heterocycles. The molecule has 18 heavy (non-hydrogen) atoms. The molecule has 2 unspecified atom stereocenters. The van der Waals surface area contributed by atoms with Gasteiger partial charge in [-0.3, -0.25) is 9.59 Å². The summed E-state index contributed by atoms with van der Waals surface area (Å²) in [7, 11) is 1.55. The second-order valence-electron chi connectivity index (χ2n) is 4.46. The van der Waals surface area contributed by atoms with Gasteiger partial charge in [0.25, 0.3) is 0 Å². The number of benzene rings is 1. The van der Waals surface area contributed by atoms with E-state index >= 15 is 0 Å². The third kappa shape index (κ3) is 2.45. The molecule has 1 aliphatic carbocycles. The van der Waals surface area contributed by atoms with Gasteiger partial charge in [-0.1, -0.05) is 6.07 Å². The van der Waals surface area contributed by atoms with Gasteiger partial charge in [-0.05, 0) is 25.0 Å². The number of carboxylic acids is 1. The first kappa shape index (κ1) is 12.4. The summed E-state index contributed by atoms with van der Waals surface area (Å²) < 4.78 is 5.08. The number of hydrogen-bond acceptors (Lipinski definition) is 3. The van der Waals surface area contributed by atoms with Crippen LogP contribution in [0.4, 0.5) is 5.69 Å². The molecule has 1 saturated carbocycles. The van der Waals surface area contributed by atoms with Crippen LogP contribution in [-0.4, -0.2) is 24.1 Å². The van der Waals surface area contributed by atoms with Crippen molar-refractivity contribution in [2.45, 2.75) is 13.3 Å². The van der Waals surface area contributed by atoms with E-state index in [0.717, 1.165) is 5.56 Å². The molecule has 1 amide bonds. The van der Waals surface area contributed by atoms with E-state index < -0.39 is 17.8 Å². The lowest BCUT2D eigenvalue weighted by atomic mass is 10.2. The SMILES string of the molecule is COc1ccc(C)c(NC(=O)C2CC2C(=O)O)c1. The van der Waals surface area contributed by atoms with Crippen molar-refractivity contribution in [2.75, 3.05) is 12.4 Å². The molecule has 1 aromatic rings.